The third-order valence-corrected chi connectivity index (χ3v) is 3.17. The normalized spacial score (nSPS) is 11.4. The van der Waals surface area contributed by atoms with Crippen molar-refractivity contribution in [1.82, 2.24) is 0 Å². The average Bonchev–Trinajstić information content (AvgIpc) is 2.38. The summed E-state index contributed by atoms with van der Waals surface area (Å²) in [5.74, 6) is 0.0911. The van der Waals surface area contributed by atoms with Gasteiger partial charge in [0, 0.05) is 0 Å². The number of hydrogen-bond donors (Lipinski definition) is 2. The molecule has 0 saturated heterocycles. The Bertz CT molecular complexity index is 424. The van der Waals surface area contributed by atoms with Gasteiger partial charge in [-0.25, -0.2) is 0 Å². The number of benzene rings is 1. The van der Waals surface area contributed by atoms with Crippen molar-refractivity contribution in [3.8, 4) is 5.75 Å². The first-order chi connectivity index (χ1) is 8.44. The molecule has 0 aliphatic carbocycles. The second kappa shape index (κ2) is 5.98. The molecule has 2 N–H and O–H groups in total. The Hall–Kier alpha value is -1.39. The highest BCUT2D eigenvalue weighted by molar-refractivity contribution is 5.78. The molecule has 1 rings (SSSR count). The Morgan fingerprint density at radius 2 is 1.83 bits per heavy atom. The fraction of sp³-hybridized carbons (Fsp3) is 0.500. The standard InChI is InChI=1S/C14H20O4/c1-4-14(2,3)13(17)18-12-6-5-10(8-15)11(7-12)9-16/h5-7,15-16H,4,8-9H2,1-3H3. The number of esters is 1. The van der Waals surface area contributed by atoms with Crippen molar-refractivity contribution in [3.05, 3.63) is 29.3 Å². The van der Waals surface area contributed by atoms with Crippen LogP contribution in [0.1, 0.15) is 38.3 Å². The summed E-state index contributed by atoms with van der Waals surface area (Å²) in [6.45, 7) is 5.23. The lowest BCUT2D eigenvalue weighted by atomic mass is 9.91. The summed E-state index contributed by atoms with van der Waals surface area (Å²) in [6.07, 6.45) is 0.688. The number of aliphatic hydroxyl groups is 2. The molecule has 0 heterocycles. The fourth-order valence-electron chi connectivity index (χ4n) is 1.36. The van der Waals surface area contributed by atoms with E-state index in [4.69, 9.17) is 14.9 Å². The lowest BCUT2D eigenvalue weighted by molar-refractivity contribution is -0.144. The number of carbonyl (C=O) groups is 1. The third kappa shape index (κ3) is 3.31. The molecule has 0 aliphatic heterocycles. The molecule has 0 amide bonds. The van der Waals surface area contributed by atoms with Crippen LogP contribution in [0.25, 0.3) is 0 Å². The Morgan fingerprint density at radius 3 is 2.33 bits per heavy atom. The van der Waals surface area contributed by atoms with Gasteiger partial charge >= 0.3 is 5.97 Å². The van der Waals surface area contributed by atoms with Gasteiger partial charge in [-0.15, -0.1) is 0 Å². The Balaban J connectivity index is 2.89. The van der Waals surface area contributed by atoms with Gasteiger partial charge in [0.2, 0.25) is 0 Å². The molecule has 4 heteroatoms. The lowest BCUT2D eigenvalue weighted by Gasteiger charge is -2.20. The van der Waals surface area contributed by atoms with Crippen LogP contribution in [-0.4, -0.2) is 16.2 Å². The molecule has 1 aromatic rings. The van der Waals surface area contributed by atoms with Crippen molar-refractivity contribution in [2.24, 2.45) is 5.41 Å². The van der Waals surface area contributed by atoms with Gasteiger partial charge in [-0.3, -0.25) is 4.79 Å². The van der Waals surface area contributed by atoms with Crippen LogP contribution in [-0.2, 0) is 18.0 Å². The maximum atomic E-state index is 11.9. The lowest BCUT2D eigenvalue weighted by Crippen LogP contribution is -2.28. The minimum atomic E-state index is -0.533. The van der Waals surface area contributed by atoms with Crippen molar-refractivity contribution in [3.63, 3.8) is 0 Å². The molecule has 100 valence electrons. The van der Waals surface area contributed by atoms with Crippen molar-refractivity contribution in [2.45, 2.75) is 40.4 Å². The summed E-state index contributed by atoms with van der Waals surface area (Å²) in [6, 6.07) is 4.84. The van der Waals surface area contributed by atoms with E-state index < -0.39 is 5.41 Å². The first-order valence-electron chi connectivity index (χ1n) is 6.00. The summed E-state index contributed by atoms with van der Waals surface area (Å²) in [5.41, 5.74) is 0.666. The Kier molecular flexibility index (Phi) is 4.87. The van der Waals surface area contributed by atoms with Crippen LogP contribution >= 0.6 is 0 Å². The molecule has 0 radical (unpaired) electrons. The monoisotopic (exact) mass is 252 g/mol. The zero-order chi connectivity index (χ0) is 13.8. The number of rotatable bonds is 5. The molecule has 0 saturated carbocycles. The first-order valence-corrected chi connectivity index (χ1v) is 6.00. The SMILES string of the molecule is CCC(C)(C)C(=O)Oc1ccc(CO)c(CO)c1. The predicted octanol–water partition coefficient (Wildman–Crippen LogP) is 2.01. The highest BCUT2D eigenvalue weighted by Crippen LogP contribution is 2.25. The minimum absolute atomic E-state index is 0.148. The Morgan fingerprint density at radius 1 is 1.22 bits per heavy atom. The molecule has 0 fully saturated rings. The van der Waals surface area contributed by atoms with Crippen molar-refractivity contribution in [1.29, 1.82) is 0 Å². The highest BCUT2D eigenvalue weighted by Gasteiger charge is 2.27. The van der Waals surface area contributed by atoms with Gasteiger partial charge < -0.3 is 14.9 Å². The quantitative estimate of drug-likeness (QED) is 0.621. The Labute approximate surface area is 107 Å². The molecular formula is C14H20O4. The molecule has 0 atom stereocenters. The van der Waals surface area contributed by atoms with E-state index in [-0.39, 0.29) is 19.2 Å². The summed E-state index contributed by atoms with van der Waals surface area (Å²) in [7, 11) is 0. The maximum absolute atomic E-state index is 11.9. The second-order valence-electron chi connectivity index (χ2n) is 4.87. The molecule has 0 aromatic heterocycles. The van der Waals surface area contributed by atoms with E-state index in [0.29, 0.717) is 23.3 Å². The molecule has 0 aliphatic rings. The van der Waals surface area contributed by atoms with Crippen molar-refractivity contribution < 1.29 is 19.7 Å². The first kappa shape index (κ1) is 14.7. The van der Waals surface area contributed by atoms with Gasteiger partial charge in [-0.2, -0.15) is 0 Å². The molecule has 0 spiro atoms. The van der Waals surface area contributed by atoms with Gasteiger partial charge in [0.25, 0.3) is 0 Å². The number of carbonyl (C=O) groups excluding carboxylic acids is 1. The number of ether oxygens (including phenoxy) is 1. The minimum Gasteiger partial charge on any atom is -0.426 e. The summed E-state index contributed by atoms with van der Waals surface area (Å²) >= 11 is 0. The van der Waals surface area contributed by atoms with E-state index in [9.17, 15) is 4.79 Å². The smallest absolute Gasteiger partial charge is 0.316 e. The van der Waals surface area contributed by atoms with Crippen molar-refractivity contribution in [2.75, 3.05) is 0 Å². The van der Waals surface area contributed by atoms with Crippen LogP contribution in [0.2, 0.25) is 0 Å². The summed E-state index contributed by atoms with van der Waals surface area (Å²) in [4.78, 5) is 11.9. The average molecular weight is 252 g/mol. The van der Waals surface area contributed by atoms with E-state index in [1.807, 2.05) is 20.8 Å². The second-order valence-corrected chi connectivity index (χ2v) is 4.87. The van der Waals surface area contributed by atoms with E-state index >= 15 is 0 Å². The zero-order valence-electron chi connectivity index (χ0n) is 11.1. The number of aliphatic hydroxyl groups excluding tert-OH is 2. The molecular weight excluding hydrogens is 232 g/mol. The molecule has 1 aromatic carbocycles. The van der Waals surface area contributed by atoms with Crippen LogP contribution in [0.5, 0.6) is 5.75 Å². The molecule has 18 heavy (non-hydrogen) atoms. The van der Waals surface area contributed by atoms with Crippen molar-refractivity contribution >= 4 is 5.97 Å². The fourth-order valence-corrected chi connectivity index (χ4v) is 1.36. The van der Waals surface area contributed by atoms with Crippen LogP contribution < -0.4 is 4.74 Å². The summed E-state index contributed by atoms with van der Waals surface area (Å²) in [5, 5.41) is 18.2. The topological polar surface area (TPSA) is 66.8 Å². The molecule has 0 unspecified atom stereocenters. The van der Waals surface area contributed by atoms with Crippen LogP contribution in [0.3, 0.4) is 0 Å². The van der Waals surface area contributed by atoms with Gasteiger partial charge in [0.1, 0.15) is 5.75 Å². The van der Waals surface area contributed by atoms with E-state index in [1.54, 1.807) is 18.2 Å². The van der Waals surface area contributed by atoms with E-state index in [0.717, 1.165) is 0 Å². The van der Waals surface area contributed by atoms with E-state index in [2.05, 4.69) is 0 Å². The predicted molar refractivity (Wildman–Crippen MR) is 68.0 cm³/mol. The molecule has 4 nitrogen and oxygen atoms in total. The molecule has 0 bridgehead atoms. The maximum Gasteiger partial charge on any atom is 0.316 e. The van der Waals surface area contributed by atoms with Crippen LogP contribution in [0, 0.1) is 5.41 Å². The zero-order valence-corrected chi connectivity index (χ0v) is 11.1. The van der Waals surface area contributed by atoms with Gasteiger partial charge in [0.15, 0.2) is 0 Å². The third-order valence-electron chi connectivity index (χ3n) is 3.17. The van der Waals surface area contributed by atoms with Gasteiger partial charge in [0.05, 0.1) is 18.6 Å². The van der Waals surface area contributed by atoms with Crippen LogP contribution in [0.15, 0.2) is 18.2 Å². The van der Waals surface area contributed by atoms with Gasteiger partial charge in [-0.05, 0) is 43.5 Å². The number of hydrogen-bond acceptors (Lipinski definition) is 4. The van der Waals surface area contributed by atoms with Gasteiger partial charge in [-0.1, -0.05) is 13.0 Å². The largest absolute Gasteiger partial charge is 0.426 e. The highest BCUT2D eigenvalue weighted by atomic mass is 16.5. The van der Waals surface area contributed by atoms with E-state index in [1.165, 1.54) is 0 Å². The van der Waals surface area contributed by atoms with Crippen LogP contribution in [0.4, 0.5) is 0 Å². The summed E-state index contributed by atoms with van der Waals surface area (Å²) < 4.78 is 5.28.